The van der Waals surface area contributed by atoms with Crippen LogP contribution in [0.3, 0.4) is 0 Å². The van der Waals surface area contributed by atoms with Crippen molar-refractivity contribution >= 4 is 0 Å². The number of aliphatic hydroxyl groups is 1. The van der Waals surface area contributed by atoms with Gasteiger partial charge >= 0.3 is 6.18 Å². The molecule has 2 N–H and O–H groups in total. The first-order valence-electron chi connectivity index (χ1n) is 6.09. The van der Waals surface area contributed by atoms with Gasteiger partial charge in [0.15, 0.2) is 0 Å². The van der Waals surface area contributed by atoms with E-state index in [0.717, 1.165) is 0 Å². The van der Waals surface area contributed by atoms with Crippen LogP contribution in [0.2, 0.25) is 0 Å². The smallest absolute Gasteiger partial charge is 0.411 e. The van der Waals surface area contributed by atoms with E-state index in [0.29, 0.717) is 11.3 Å². The standard InChI is InChI=1S/C13H18F3NO3/c1-19-11-4-2-10(3-5-11)12(18)8-17-6-7-20-9-13(14,15)16/h2-5,12,17-18H,6-9H2,1H3. The summed E-state index contributed by atoms with van der Waals surface area (Å²) >= 11 is 0. The first-order valence-corrected chi connectivity index (χ1v) is 6.09. The molecule has 1 atom stereocenters. The first-order chi connectivity index (χ1) is 9.42. The third-order valence-electron chi connectivity index (χ3n) is 2.53. The van der Waals surface area contributed by atoms with E-state index in [1.165, 1.54) is 0 Å². The minimum absolute atomic E-state index is 0.0607. The molecule has 0 saturated heterocycles. The van der Waals surface area contributed by atoms with Crippen LogP contribution in [0.1, 0.15) is 11.7 Å². The molecular formula is C13H18F3NO3. The lowest BCUT2D eigenvalue weighted by atomic mass is 10.1. The summed E-state index contributed by atoms with van der Waals surface area (Å²) < 4.78 is 44.8. The van der Waals surface area contributed by atoms with E-state index in [-0.39, 0.29) is 19.7 Å². The summed E-state index contributed by atoms with van der Waals surface area (Å²) in [6.45, 7) is -0.838. The van der Waals surface area contributed by atoms with Crippen LogP contribution in [0.4, 0.5) is 13.2 Å². The zero-order valence-corrected chi connectivity index (χ0v) is 11.1. The normalized spacial score (nSPS) is 13.2. The third kappa shape index (κ3) is 6.74. The molecule has 0 heterocycles. The highest BCUT2D eigenvalue weighted by atomic mass is 19.4. The second kappa shape index (κ2) is 8.08. The molecule has 0 saturated carbocycles. The summed E-state index contributed by atoms with van der Waals surface area (Å²) in [5.41, 5.74) is 0.703. The number of hydrogen-bond acceptors (Lipinski definition) is 4. The van der Waals surface area contributed by atoms with Crippen molar-refractivity contribution in [3.63, 3.8) is 0 Å². The Labute approximate surface area is 115 Å². The van der Waals surface area contributed by atoms with Crippen molar-refractivity contribution in [2.75, 3.05) is 33.4 Å². The van der Waals surface area contributed by atoms with E-state index < -0.39 is 18.9 Å². The van der Waals surface area contributed by atoms with Crippen LogP contribution < -0.4 is 10.1 Å². The van der Waals surface area contributed by atoms with Crippen LogP contribution in [-0.2, 0) is 4.74 Å². The second-order valence-corrected chi connectivity index (χ2v) is 4.16. The zero-order chi connectivity index (χ0) is 15.0. The molecule has 20 heavy (non-hydrogen) atoms. The van der Waals surface area contributed by atoms with Crippen molar-refractivity contribution < 1.29 is 27.8 Å². The Kier molecular flexibility index (Phi) is 6.77. The van der Waals surface area contributed by atoms with Gasteiger partial charge in [0, 0.05) is 13.1 Å². The van der Waals surface area contributed by atoms with Gasteiger partial charge in [0.1, 0.15) is 12.4 Å². The molecule has 1 unspecified atom stereocenters. The molecule has 0 bridgehead atoms. The number of ether oxygens (including phenoxy) is 2. The summed E-state index contributed by atoms with van der Waals surface area (Å²) in [5.74, 6) is 0.689. The van der Waals surface area contributed by atoms with Crippen LogP contribution in [-0.4, -0.2) is 44.7 Å². The minimum atomic E-state index is -4.30. The van der Waals surface area contributed by atoms with Crippen molar-refractivity contribution in [1.29, 1.82) is 0 Å². The van der Waals surface area contributed by atoms with Crippen molar-refractivity contribution in [3.05, 3.63) is 29.8 Å². The molecule has 7 heteroatoms. The van der Waals surface area contributed by atoms with Gasteiger partial charge in [0.05, 0.1) is 19.8 Å². The number of halogens is 3. The van der Waals surface area contributed by atoms with Gasteiger partial charge in [-0.1, -0.05) is 12.1 Å². The third-order valence-corrected chi connectivity index (χ3v) is 2.53. The summed E-state index contributed by atoms with van der Waals surface area (Å²) in [5, 5.41) is 12.7. The molecule has 4 nitrogen and oxygen atoms in total. The fourth-order valence-electron chi connectivity index (χ4n) is 1.51. The molecule has 0 aliphatic carbocycles. The van der Waals surface area contributed by atoms with Gasteiger partial charge < -0.3 is 19.9 Å². The Morgan fingerprint density at radius 3 is 2.45 bits per heavy atom. The molecule has 0 aliphatic heterocycles. The molecule has 1 aromatic carbocycles. The fraction of sp³-hybridized carbons (Fsp3) is 0.538. The number of nitrogens with one attached hydrogen (secondary N) is 1. The van der Waals surface area contributed by atoms with Crippen molar-refractivity contribution in [3.8, 4) is 5.75 Å². The van der Waals surface area contributed by atoms with Gasteiger partial charge in [0.25, 0.3) is 0 Å². The predicted octanol–water partition coefficient (Wildman–Crippen LogP) is 1.90. The largest absolute Gasteiger partial charge is 0.497 e. The number of methoxy groups -OCH3 is 1. The van der Waals surface area contributed by atoms with Gasteiger partial charge in [0.2, 0.25) is 0 Å². The highest BCUT2D eigenvalue weighted by molar-refractivity contribution is 5.28. The maximum Gasteiger partial charge on any atom is 0.411 e. The van der Waals surface area contributed by atoms with E-state index >= 15 is 0 Å². The summed E-state index contributed by atoms with van der Waals surface area (Å²) in [4.78, 5) is 0. The fourth-order valence-corrected chi connectivity index (χ4v) is 1.51. The lowest BCUT2D eigenvalue weighted by Crippen LogP contribution is -2.27. The Morgan fingerprint density at radius 2 is 1.90 bits per heavy atom. The van der Waals surface area contributed by atoms with Gasteiger partial charge in [-0.25, -0.2) is 0 Å². The van der Waals surface area contributed by atoms with Crippen LogP contribution >= 0.6 is 0 Å². The number of benzene rings is 1. The van der Waals surface area contributed by atoms with Crippen molar-refractivity contribution in [1.82, 2.24) is 5.32 Å². The van der Waals surface area contributed by atoms with E-state index in [1.54, 1.807) is 31.4 Å². The molecule has 1 aromatic rings. The maximum absolute atomic E-state index is 11.8. The molecule has 0 aliphatic rings. The van der Waals surface area contributed by atoms with Gasteiger partial charge in [-0.3, -0.25) is 0 Å². The van der Waals surface area contributed by atoms with E-state index in [2.05, 4.69) is 10.1 Å². The van der Waals surface area contributed by atoms with Crippen molar-refractivity contribution in [2.24, 2.45) is 0 Å². The SMILES string of the molecule is COc1ccc(C(O)CNCCOCC(F)(F)F)cc1. The quantitative estimate of drug-likeness (QED) is 0.719. The van der Waals surface area contributed by atoms with Gasteiger partial charge in [-0.2, -0.15) is 13.2 Å². The maximum atomic E-state index is 11.8. The minimum Gasteiger partial charge on any atom is -0.497 e. The van der Waals surface area contributed by atoms with E-state index in [9.17, 15) is 18.3 Å². The molecule has 0 fully saturated rings. The van der Waals surface area contributed by atoms with Crippen LogP contribution in [0.5, 0.6) is 5.75 Å². The van der Waals surface area contributed by atoms with Crippen molar-refractivity contribution in [2.45, 2.75) is 12.3 Å². The molecule has 0 amide bonds. The lowest BCUT2D eigenvalue weighted by molar-refractivity contribution is -0.173. The lowest BCUT2D eigenvalue weighted by Gasteiger charge is -2.13. The second-order valence-electron chi connectivity index (χ2n) is 4.16. The number of rotatable bonds is 8. The van der Waals surface area contributed by atoms with Crippen LogP contribution in [0, 0.1) is 0 Å². The molecular weight excluding hydrogens is 275 g/mol. The summed E-state index contributed by atoms with van der Waals surface area (Å²) in [7, 11) is 1.55. The summed E-state index contributed by atoms with van der Waals surface area (Å²) in [6.07, 6.45) is -5.04. The predicted molar refractivity (Wildman–Crippen MR) is 67.7 cm³/mol. The monoisotopic (exact) mass is 293 g/mol. The highest BCUT2D eigenvalue weighted by Crippen LogP contribution is 2.17. The Balaban J connectivity index is 2.18. The van der Waals surface area contributed by atoms with Crippen LogP contribution in [0.25, 0.3) is 0 Å². The zero-order valence-electron chi connectivity index (χ0n) is 11.1. The van der Waals surface area contributed by atoms with Crippen LogP contribution in [0.15, 0.2) is 24.3 Å². The molecule has 0 radical (unpaired) electrons. The molecule has 114 valence electrons. The highest BCUT2D eigenvalue weighted by Gasteiger charge is 2.27. The van der Waals surface area contributed by atoms with Gasteiger partial charge in [-0.05, 0) is 17.7 Å². The molecule has 0 aromatic heterocycles. The summed E-state index contributed by atoms with van der Waals surface area (Å²) in [6, 6.07) is 6.91. The average molecular weight is 293 g/mol. The van der Waals surface area contributed by atoms with E-state index in [1.807, 2.05) is 0 Å². The average Bonchev–Trinajstić information content (AvgIpc) is 2.41. The molecule has 0 spiro atoms. The number of hydrogen-bond donors (Lipinski definition) is 2. The van der Waals surface area contributed by atoms with Gasteiger partial charge in [-0.15, -0.1) is 0 Å². The first kappa shape index (κ1) is 16.7. The molecule has 1 rings (SSSR count). The Bertz CT molecular complexity index is 381. The Hall–Kier alpha value is -1.31. The topological polar surface area (TPSA) is 50.7 Å². The number of aliphatic hydroxyl groups excluding tert-OH is 1. The number of alkyl halides is 3. The van der Waals surface area contributed by atoms with E-state index in [4.69, 9.17) is 4.74 Å². The Morgan fingerprint density at radius 1 is 1.25 bits per heavy atom.